The van der Waals surface area contributed by atoms with Crippen LogP contribution in [0.1, 0.15) is 26.7 Å². The Kier molecular flexibility index (Phi) is 7.63. The van der Waals surface area contributed by atoms with Crippen LogP contribution in [-0.4, -0.2) is 31.6 Å². The molecule has 4 N–H and O–H groups in total. The summed E-state index contributed by atoms with van der Waals surface area (Å²) in [7, 11) is 0. The maximum Gasteiger partial charge on any atom is 0.220 e. The fourth-order valence-corrected chi connectivity index (χ4v) is 0.940. The fourth-order valence-electron chi connectivity index (χ4n) is 0.940. The molecule has 0 radical (unpaired) electrons. The minimum atomic E-state index is 0.0935. The summed E-state index contributed by atoms with van der Waals surface area (Å²) >= 11 is 0. The lowest BCUT2D eigenvalue weighted by Crippen LogP contribution is -2.30. The first-order chi connectivity index (χ1) is 6.16. The smallest absolute Gasteiger partial charge is 0.220 e. The second kappa shape index (κ2) is 8.01. The molecule has 0 aromatic rings. The molecule has 0 atom stereocenters. The zero-order valence-corrected chi connectivity index (χ0v) is 8.60. The summed E-state index contributed by atoms with van der Waals surface area (Å²) in [4.78, 5) is 11.1. The number of carbonyl (C=O) groups is 1. The summed E-state index contributed by atoms with van der Waals surface area (Å²) in [5.74, 6) is 0.0935. The van der Waals surface area contributed by atoms with E-state index in [0.29, 0.717) is 25.6 Å². The van der Waals surface area contributed by atoms with Crippen LogP contribution in [0.25, 0.3) is 0 Å². The van der Waals surface area contributed by atoms with Crippen molar-refractivity contribution >= 4 is 5.91 Å². The molecule has 0 spiro atoms. The third kappa shape index (κ3) is 9.30. The number of rotatable bonds is 7. The van der Waals surface area contributed by atoms with Crippen LogP contribution in [0.4, 0.5) is 0 Å². The Labute approximate surface area is 80.3 Å². The molecule has 0 aliphatic rings. The number of nitrogens with one attached hydrogen (secondary N) is 2. The van der Waals surface area contributed by atoms with Crippen LogP contribution in [0.5, 0.6) is 0 Å². The molecule has 0 saturated carbocycles. The molecule has 0 bridgehead atoms. The molecule has 0 unspecified atom stereocenters. The number of nitrogens with two attached hydrogens (primary N) is 1. The van der Waals surface area contributed by atoms with Crippen LogP contribution in [0.15, 0.2) is 0 Å². The number of hydrogen-bond acceptors (Lipinski definition) is 3. The van der Waals surface area contributed by atoms with E-state index in [1.807, 2.05) is 0 Å². The molecule has 4 heteroatoms. The van der Waals surface area contributed by atoms with Crippen molar-refractivity contribution in [1.82, 2.24) is 10.6 Å². The SMILES string of the molecule is CC(C)NCCCC(=O)NCCN. The third-order valence-electron chi connectivity index (χ3n) is 1.60. The average Bonchev–Trinajstić information content (AvgIpc) is 2.08. The highest BCUT2D eigenvalue weighted by molar-refractivity contribution is 5.75. The second-order valence-corrected chi connectivity index (χ2v) is 3.35. The average molecular weight is 187 g/mol. The van der Waals surface area contributed by atoms with E-state index in [9.17, 15) is 4.79 Å². The van der Waals surface area contributed by atoms with Gasteiger partial charge in [0.25, 0.3) is 0 Å². The standard InChI is InChI=1S/C9H21N3O/c1-8(2)11-6-3-4-9(13)12-7-5-10/h8,11H,3-7,10H2,1-2H3,(H,12,13). The van der Waals surface area contributed by atoms with E-state index in [1.165, 1.54) is 0 Å². The lowest BCUT2D eigenvalue weighted by Gasteiger charge is -2.07. The summed E-state index contributed by atoms with van der Waals surface area (Å²) in [5.41, 5.74) is 5.24. The molecular weight excluding hydrogens is 166 g/mol. The zero-order valence-electron chi connectivity index (χ0n) is 8.60. The molecule has 0 aliphatic heterocycles. The van der Waals surface area contributed by atoms with Gasteiger partial charge in [0.15, 0.2) is 0 Å². The monoisotopic (exact) mass is 187 g/mol. The first-order valence-corrected chi connectivity index (χ1v) is 4.87. The number of carbonyl (C=O) groups excluding carboxylic acids is 1. The molecule has 0 heterocycles. The van der Waals surface area contributed by atoms with Gasteiger partial charge in [-0.25, -0.2) is 0 Å². The predicted molar refractivity (Wildman–Crippen MR) is 54.4 cm³/mol. The molecule has 0 saturated heterocycles. The Morgan fingerprint density at radius 3 is 2.62 bits per heavy atom. The molecule has 0 aliphatic carbocycles. The molecule has 0 aromatic heterocycles. The third-order valence-corrected chi connectivity index (χ3v) is 1.60. The summed E-state index contributed by atoms with van der Waals surface area (Å²) in [6.07, 6.45) is 1.47. The Morgan fingerprint density at radius 2 is 2.08 bits per heavy atom. The normalized spacial score (nSPS) is 10.5. The van der Waals surface area contributed by atoms with Gasteiger partial charge in [-0.3, -0.25) is 4.79 Å². The second-order valence-electron chi connectivity index (χ2n) is 3.35. The van der Waals surface area contributed by atoms with Crippen LogP contribution < -0.4 is 16.4 Å². The van der Waals surface area contributed by atoms with Crippen LogP contribution in [0.2, 0.25) is 0 Å². The minimum absolute atomic E-state index is 0.0935. The van der Waals surface area contributed by atoms with Crippen LogP contribution in [0, 0.1) is 0 Å². The van der Waals surface area contributed by atoms with Gasteiger partial charge in [-0.1, -0.05) is 13.8 Å². The van der Waals surface area contributed by atoms with Crippen LogP contribution in [-0.2, 0) is 4.79 Å². The van der Waals surface area contributed by atoms with Gasteiger partial charge in [0.1, 0.15) is 0 Å². The highest BCUT2D eigenvalue weighted by Gasteiger charge is 1.99. The van der Waals surface area contributed by atoms with Crippen molar-refractivity contribution in [2.24, 2.45) is 5.73 Å². The molecular formula is C9H21N3O. The first-order valence-electron chi connectivity index (χ1n) is 4.87. The van der Waals surface area contributed by atoms with Crippen molar-refractivity contribution < 1.29 is 4.79 Å². The van der Waals surface area contributed by atoms with E-state index in [2.05, 4.69) is 24.5 Å². The Balaban J connectivity index is 3.17. The highest BCUT2D eigenvalue weighted by Crippen LogP contribution is 1.87. The first kappa shape index (κ1) is 12.4. The molecule has 1 amide bonds. The zero-order chi connectivity index (χ0) is 10.1. The largest absolute Gasteiger partial charge is 0.355 e. The van der Waals surface area contributed by atoms with Gasteiger partial charge in [-0.2, -0.15) is 0 Å². The van der Waals surface area contributed by atoms with Crippen molar-refractivity contribution in [3.05, 3.63) is 0 Å². The lowest BCUT2D eigenvalue weighted by atomic mass is 10.2. The summed E-state index contributed by atoms with van der Waals surface area (Å²) in [6.45, 7) is 6.17. The Hall–Kier alpha value is -0.610. The van der Waals surface area contributed by atoms with Crippen molar-refractivity contribution in [2.75, 3.05) is 19.6 Å². The van der Waals surface area contributed by atoms with Crippen LogP contribution >= 0.6 is 0 Å². The van der Waals surface area contributed by atoms with E-state index in [-0.39, 0.29) is 5.91 Å². The number of hydrogen-bond donors (Lipinski definition) is 3. The van der Waals surface area contributed by atoms with Crippen molar-refractivity contribution in [3.63, 3.8) is 0 Å². The van der Waals surface area contributed by atoms with E-state index in [0.717, 1.165) is 13.0 Å². The van der Waals surface area contributed by atoms with E-state index in [4.69, 9.17) is 5.73 Å². The topological polar surface area (TPSA) is 67.2 Å². The van der Waals surface area contributed by atoms with Crippen molar-refractivity contribution in [3.8, 4) is 0 Å². The lowest BCUT2D eigenvalue weighted by molar-refractivity contribution is -0.121. The predicted octanol–water partition coefficient (Wildman–Crippen LogP) is -0.160. The molecule has 0 aromatic carbocycles. The summed E-state index contributed by atoms with van der Waals surface area (Å²) < 4.78 is 0. The van der Waals surface area contributed by atoms with E-state index >= 15 is 0 Å². The van der Waals surface area contributed by atoms with Gasteiger partial charge in [0, 0.05) is 25.6 Å². The van der Waals surface area contributed by atoms with E-state index in [1.54, 1.807) is 0 Å². The Morgan fingerprint density at radius 1 is 1.38 bits per heavy atom. The van der Waals surface area contributed by atoms with Gasteiger partial charge in [0.2, 0.25) is 5.91 Å². The molecule has 78 valence electrons. The maximum absolute atomic E-state index is 11.1. The quantitative estimate of drug-likeness (QED) is 0.485. The van der Waals surface area contributed by atoms with Crippen molar-refractivity contribution in [1.29, 1.82) is 0 Å². The molecule has 0 rings (SSSR count). The summed E-state index contributed by atoms with van der Waals surface area (Å²) in [5, 5.41) is 5.98. The molecule has 0 fully saturated rings. The minimum Gasteiger partial charge on any atom is -0.355 e. The number of amides is 1. The van der Waals surface area contributed by atoms with Gasteiger partial charge in [0.05, 0.1) is 0 Å². The summed E-state index contributed by atoms with van der Waals surface area (Å²) in [6, 6.07) is 0.493. The van der Waals surface area contributed by atoms with Crippen molar-refractivity contribution in [2.45, 2.75) is 32.7 Å². The fraction of sp³-hybridized carbons (Fsp3) is 0.889. The van der Waals surface area contributed by atoms with Gasteiger partial charge < -0.3 is 16.4 Å². The molecule has 4 nitrogen and oxygen atoms in total. The maximum atomic E-state index is 11.1. The van der Waals surface area contributed by atoms with Gasteiger partial charge in [-0.15, -0.1) is 0 Å². The van der Waals surface area contributed by atoms with E-state index < -0.39 is 0 Å². The molecule has 13 heavy (non-hydrogen) atoms. The highest BCUT2D eigenvalue weighted by atomic mass is 16.1. The van der Waals surface area contributed by atoms with Crippen LogP contribution in [0.3, 0.4) is 0 Å². The van der Waals surface area contributed by atoms with Gasteiger partial charge in [-0.05, 0) is 13.0 Å². The van der Waals surface area contributed by atoms with Gasteiger partial charge >= 0.3 is 0 Å². The Bertz CT molecular complexity index is 137.